The van der Waals surface area contributed by atoms with Crippen molar-refractivity contribution in [2.24, 2.45) is 5.73 Å². The van der Waals surface area contributed by atoms with Gasteiger partial charge in [0.05, 0.1) is 11.6 Å². The van der Waals surface area contributed by atoms with Gasteiger partial charge in [-0.1, -0.05) is 0 Å². The van der Waals surface area contributed by atoms with Gasteiger partial charge in [-0.15, -0.1) is 0 Å². The summed E-state index contributed by atoms with van der Waals surface area (Å²) in [6.07, 6.45) is 6.12. The summed E-state index contributed by atoms with van der Waals surface area (Å²) in [5.74, 6) is -0.275. The molecule has 0 aliphatic carbocycles. The van der Waals surface area contributed by atoms with Crippen molar-refractivity contribution in [3.63, 3.8) is 0 Å². The molecule has 92 valence electrons. The maximum absolute atomic E-state index is 11.7. The lowest BCUT2D eigenvalue weighted by Crippen LogP contribution is -2.36. The molecule has 3 N–H and O–H groups in total. The fourth-order valence-electron chi connectivity index (χ4n) is 1.43. The lowest BCUT2D eigenvalue weighted by atomic mass is 10.1. The number of unbranched alkanes of at least 4 members (excludes halogenated alkanes) is 1. The van der Waals surface area contributed by atoms with E-state index in [1.165, 1.54) is 6.20 Å². The SMILES string of the molecule is NCCCC[C@@H](C=O)NC(=O)c1cccnc1. The molecule has 1 atom stereocenters. The molecule has 0 radical (unpaired) electrons. The van der Waals surface area contributed by atoms with Gasteiger partial charge in [0.15, 0.2) is 0 Å². The highest BCUT2D eigenvalue weighted by Crippen LogP contribution is 2.01. The molecule has 0 bridgehead atoms. The van der Waals surface area contributed by atoms with Crippen molar-refractivity contribution < 1.29 is 9.59 Å². The predicted octanol–water partition coefficient (Wildman–Crippen LogP) is 0.508. The minimum Gasteiger partial charge on any atom is -0.342 e. The Balaban J connectivity index is 2.45. The highest BCUT2D eigenvalue weighted by Gasteiger charge is 2.12. The maximum Gasteiger partial charge on any atom is 0.253 e. The largest absolute Gasteiger partial charge is 0.342 e. The van der Waals surface area contributed by atoms with Gasteiger partial charge in [-0.05, 0) is 37.9 Å². The van der Waals surface area contributed by atoms with E-state index in [1.807, 2.05) is 0 Å². The summed E-state index contributed by atoms with van der Waals surface area (Å²) in [5, 5.41) is 2.65. The number of aromatic nitrogens is 1. The summed E-state index contributed by atoms with van der Waals surface area (Å²) in [6.45, 7) is 0.599. The van der Waals surface area contributed by atoms with Crippen LogP contribution in [-0.4, -0.2) is 29.8 Å². The van der Waals surface area contributed by atoms with Crippen molar-refractivity contribution in [2.75, 3.05) is 6.54 Å². The smallest absolute Gasteiger partial charge is 0.253 e. The zero-order chi connectivity index (χ0) is 12.5. The normalized spacial score (nSPS) is 11.8. The Labute approximate surface area is 100 Å². The number of nitrogens with two attached hydrogens (primary N) is 1. The average Bonchev–Trinajstić information content (AvgIpc) is 2.38. The Bertz CT molecular complexity index is 354. The standard InChI is InChI=1S/C12H17N3O2/c13-6-2-1-5-11(9-16)15-12(17)10-4-3-7-14-8-10/h3-4,7-9,11H,1-2,5-6,13H2,(H,15,17)/t11-/m0/s1. The van der Waals surface area contributed by atoms with Crippen LogP contribution in [0.15, 0.2) is 24.5 Å². The topological polar surface area (TPSA) is 85.1 Å². The first kappa shape index (κ1) is 13.3. The Morgan fingerprint density at radius 2 is 2.35 bits per heavy atom. The second-order valence-corrected chi connectivity index (χ2v) is 3.74. The first-order valence-electron chi connectivity index (χ1n) is 5.64. The zero-order valence-electron chi connectivity index (χ0n) is 9.63. The third-order valence-electron chi connectivity index (χ3n) is 2.37. The molecule has 0 saturated heterocycles. The van der Waals surface area contributed by atoms with Crippen LogP contribution in [0, 0.1) is 0 Å². The lowest BCUT2D eigenvalue weighted by Gasteiger charge is -2.12. The maximum atomic E-state index is 11.7. The van der Waals surface area contributed by atoms with Crippen LogP contribution in [-0.2, 0) is 4.79 Å². The molecule has 1 heterocycles. The quantitative estimate of drug-likeness (QED) is 0.532. The van der Waals surface area contributed by atoms with E-state index in [4.69, 9.17) is 5.73 Å². The Hall–Kier alpha value is -1.75. The van der Waals surface area contributed by atoms with E-state index < -0.39 is 6.04 Å². The Morgan fingerprint density at radius 1 is 1.53 bits per heavy atom. The number of nitrogens with zero attached hydrogens (tertiary/aromatic N) is 1. The van der Waals surface area contributed by atoms with E-state index in [1.54, 1.807) is 18.3 Å². The molecule has 0 unspecified atom stereocenters. The van der Waals surface area contributed by atoms with Crippen molar-refractivity contribution in [3.8, 4) is 0 Å². The molecule has 0 spiro atoms. The van der Waals surface area contributed by atoms with Crippen LogP contribution in [0.25, 0.3) is 0 Å². The number of aldehydes is 1. The van der Waals surface area contributed by atoms with E-state index in [9.17, 15) is 9.59 Å². The van der Waals surface area contributed by atoms with Gasteiger partial charge in [0, 0.05) is 12.4 Å². The summed E-state index contributed by atoms with van der Waals surface area (Å²) in [7, 11) is 0. The molecule has 0 aliphatic heterocycles. The van der Waals surface area contributed by atoms with Gasteiger partial charge in [0.25, 0.3) is 5.91 Å². The number of hydrogen-bond acceptors (Lipinski definition) is 4. The van der Waals surface area contributed by atoms with E-state index in [0.29, 0.717) is 18.5 Å². The molecule has 5 nitrogen and oxygen atoms in total. The van der Waals surface area contributed by atoms with Gasteiger partial charge in [0.1, 0.15) is 6.29 Å². The number of carbonyl (C=O) groups excluding carboxylic acids is 2. The molecule has 0 aliphatic rings. The zero-order valence-corrected chi connectivity index (χ0v) is 9.63. The van der Waals surface area contributed by atoms with Crippen LogP contribution < -0.4 is 11.1 Å². The van der Waals surface area contributed by atoms with Gasteiger partial charge in [-0.2, -0.15) is 0 Å². The van der Waals surface area contributed by atoms with Gasteiger partial charge in [0.2, 0.25) is 0 Å². The number of nitrogens with one attached hydrogen (secondary N) is 1. The average molecular weight is 235 g/mol. The molecular weight excluding hydrogens is 218 g/mol. The fraction of sp³-hybridized carbons (Fsp3) is 0.417. The number of pyridine rings is 1. The molecule has 1 rings (SSSR count). The van der Waals surface area contributed by atoms with Crippen molar-refractivity contribution >= 4 is 12.2 Å². The van der Waals surface area contributed by atoms with Crippen molar-refractivity contribution in [1.82, 2.24) is 10.3 Å². The highest BCUT2D eigenvalue weighted by molar-refractivity contribution is 5.95. The third-order valence-corrected chi connectivity index (χ3v) is 2.37. The van der Waals surface area contributed by atoms with Crippen LogP contribution >= 0.6 is 0 Å². The van der Waals surface area contributed by atoms with Crippen LogP contribution in [0.1, 0.15) is 29.6 Å². The number of hydrogen-bond donors (Lipinski definition) is 2. The fourth-order valence-corrected chi connectivity index (χ4v) is 1.43. The van der Waals surface area contributed by atoms with Gasteiger partial charge in [-0.3, -0.25) is 9.78 Å². The van der Waals surface area contributed by atoms with E-state index in [-0.39, 0.29) is 5.91 Å². The van der Waals surface area contributed by atoms with Crippen LogP contribution in [0.3, 0.4) is 0 Å². The molecular formula is C12H17N3O2. The van der Waals surface area contributed by atoms with Crippen molar-refractivity contribution in [1.29, 1.82) is 0 Å². The van der Waals surface area contributed by atoms with E-state index in [0.717, 1.165) is 19.1 Å². The van der Waals surface area contributed by atoms with Gasteiger partial charge >= 0.3 is 0 Å². The second-order valence-electron chi connectivity index (χ2n) is 3.74. The predicted molar refractivity (Wildman–Crippen MR) is 64.5 cm³/mol. The molecule has 1 amide bonds. The second kappa shape index (κ2) is 7.51. The van der Waals surface area contributed by atoms with Crippen molar-refractivity contribution in [2.45, 2.75) is 25.3 Å². The van der Waals surface area contributed by atoms with Crippen molar-refractivity contribution in [3.05, 3.63) is 30.1 Å². The van der Waals surface area contributed by atoms with E-state index >= 15 is 0 Å². The molecule has 5 heteroatoms. The number of amides is 1. The lowest BCUT2D eigenvalue weighted by molar-refractivity contribution is -0.109. The molecule has 17 heavy (non-hydrogen) atoms. The van der Waals surface area contributed by atoms with Gasteiger partial charge in [-0.25, -0.2) is 0 Å². The van der Waals surface area contributed by atoms with E-state index in [2.05, 4.69) is 10.3 Å². The molecule has 1 aromatic heterocycles. The van der Waals surface area contributed by atoms with Crippen LogP contribution in [0.5, 0.6) is 0 Å². The Morgan fingerprint density at radius 3 is 2.94 bits per heavy atom. The third kappa shape index (κ3) is 4.74. The minimum absolute atomic E-state index is 0.275. The first-order chi connectivity index (χ1) is 8.27. The molecule has 1 aromatic rings. The number of rotatable bonds is 7. The summed E-state index contributed by atoms with van der Waals surface area (Å²) in [6, 6.07) is 2.89. The van der Waals surface area contributed by atoms with Gasteiger partial charge < -0.3 is 15.8 Å². The first-order valence-corrected chi connectivity index (χ1v) is 5.64. The molecule has 0 saturated carbocycles. The molecule has 0 fully saturated rings. The summed E-state index contributed by atoms with van der Waals surface area (Å²) >= 11 is 0. The Kier molecular flexibility index (Phi) is 5.88. The summed E-state index contributed by atoms with van der Waals surface area (Å²) < 4.78 is 0. The summed E-state index contributed by atoms with van der Waals surface area (Å²) in [5.41, 5.74) is 5.82. The molecule has 0 aromatic carbocycles. The minimum atomic E-state index is -0.450. The number of carbonyl (C=O) groups is 2. The highest BCUT2D eigenvalue weighted by atomic mass is 16.2. The van der Waals surface area contributed by atoms with Crippen LogP contribution in [0.2, 0.25) is 0 Å². The van der Waals surface area contributed by atoms with Crippen LogP contribution in [0.4, 0.5) is 0 Å². The monoisotopic (exact) mass is 235 g/mol. The summed E-state index contributed by atoms with van der Waals surface area (Å²) in [4.78, 5) is 26.4.